The third-order valence-electron chi connectivity index (χ3n) is 1.49. The van der Waals surface area contributed by atoms with Crippen LogP contribution in [-0.4, -0.2) is 4.43 Å². The normalized spacial score (nSPS) is 10.0. The second kappa shape index (κ2) is 4.70. The molecule has 0 aliphatic rings. The summed E-state index contributed by atoms with van der Waals surface area (Å²) in [5.41, 5.74) is 1.10. The van der Waals surface area contributed by atoms with Gasteiger partial charge in [-0.1, -0.05) is 34.7 Å². The summed E-state index contributed by atoms with van der Waals surface area (Å²) in [4.78, 5) is 0. The van der Waals surface area contributed by atoms with Gasteiger partial charge in [-0.05, 0) is 35.0 Å². The Bertz CT molecular complexity index is 223. The maximum atomic E-state index is 12.6. The van der Waals surface area contributed by atoms with E-state index < -0.39 is 0 Å². The Hall–Kier alpha value is -0.120. The molecule has 0 saturated carbocycles. The van der Waals surface area contributed by atoms with Crippen LogP contribution in [0.15, 0.2) is 24.3 Å². The summed E-state index contributed by atoms with van der Waals surface area (Å²) in [5.74, 6) is -0.129. The molecule has 2 heteroatoms. The van der Waals surface area contributed by atoms with Crippen LogP contribution < -0.4 is 0 Å². The lowest BCUT2D eigenvalue weighted by Crippen LogP contribution is -1.86. The molecular formula is C9H10FI. The fourth-order valence-electron chi connectivity index (χ4n) is 0.963. The highest BCUT2D eigenvalue weighted by molar-refractivity contribution is 14.1. The number of rotatable bonds is 3. The molecule has 0 aliphatic heterocycles. The first-order valence-electron chi connectivity index (χ1n) is 3.63. The Morgan fingerprint density at radius 1 is 1.36 bits per heavy atom. The van der Waals surface area contributed by atoms with Crippen molar-refractivity contribution in [1.29, 1.82) is 0 Å². The molecule has 0 aliphatic carbocycles. The van der Waals surface area contributed by atoms with Gasteiger partial charge in [0.05, 0.1) is 0 Å². The van der Waals surface area contributed by atoms with Gasteiger partial charge in [0.2, 0.25) is 0 Å². The predicted molar refractivity (Wildman–Crippen MR) is 53.6 cm³/mol. The van der Waals surface area contributed by atoms with Gasteiger partial charge in [-0.15, -0.1) is 0 Å². The van der Waals surface area contributed by atoms with E-state index in [-0.39, 0.29) is 5.82 Å². The molecule has 0 aromatic heterocycles. The topological polar surface area (TPSA) is 0 Å². The van der Waals surface area contributed by atoms with E-state index in [0.717, 1.165) is 22.8 Å². The van der Waals surface area contributed by atoms with Crippen molar-refractivity contribution in [1.82, 2.24) is 0 Å². The molecule has 0 amide bonds. The Kier molecular flexibility index (Phi) is 3.83. The van der Waals surface area contributed by atoms with Gasteiger partial charge in [-0.2, -0.15) is 0 Å². The number of alkyl halides is 1. The van der Waals surface area contributed by atoms with Crippen LogP contribution in [0.4, 0.5) is 4.39 Å². The van der Waals surface area contributed by atoms with Crippen LogP contribution in [0.5, 0.6) is 0 Å². The van der Waals surface area contributed by atoms with Crippen LogP contribution in [0.25, 0.3) is 0 Å². The van der Waals surface area contributed by atoms with Crippen molar-refractivity contribution in [2.45, 2.75) is 12.8 Å². The Balaban J connectivity index is 2.56. The zero-order valence-electron chi connectivity index (χ0n) is 6.19. The summed E-state index contributed by atoms with van der Waals surface area (Å²) in [5, 5.41) is 0. The van der Waals surface area contributed by atoms with Gasteiger partial charge in [0.1, 0.15) is 5.82 Å². The minimum Gasteiger partial charge on any atom is -0.207 e. The number of aryl methyl sites for hydroxylation is 1. The summed E-state index contributed by atoms with van der Waals surface area (Å²) < 4.78 is 13.7. The van der Waals surface area contributed by atoms with Crippen LogP contribution in [-0.2, 0) is 6.42 Å². The van der Waals surface area contributed by atoms with E-state index in [9.17, 15) is 4.39 Å². The lowest BCUT2D eigenvalue weighted by Gasteiger charge is -1.97. The van der Waals surface area contributed by atoms with E-state index in [1.165, 1.54) is 6.07 Å². The smallest absolute Gasteiger partial charge is 0.123 e. The molecule has 11 heavy (non-hydrogen) atoms. The van der Waals surface area contributed by atoms with Crippen LogP contribution in [0.1, 0.15) is 12.0 Å². The number of benzene rings is 1. The standard InChI is InChI=1S/C9H10FI/c10-9-5-1-3-8(7-9)4-2-6-11/h1,3,5,7H,2,4,6H2. The Labute approximate surface area is 80.0 Å². The molecule has 0 saturated heterocycles. The average molecular weight is 264 g/mol. The second-order valence-electron chi connectivity index (χ2n) is 2.42. The summed E-state index contributed by atoms with van der Waals surface area (Å²) in [6.45, 7) is 0. The number of hydrogen-bond acceptors (Lipinski definition) is 0. The lowest BCUT2D eigenvalue weighted by molar-refractivity contribution is 0.625. The second-order valence-corrected chi connectivity index (χ2v) is 3.50. The van der Waals surface area contributed by atoms with E-state index in [1.807, 2.05) is 6.07 Å². The molecule has 1 aromatic carbocycles. The third kappa shape index (κ3) is 3.18. The minimum atomic E-state index is -0.129. The van der Waals surface area contributed by atoms with Crippen molar-refractivity contribution in [3.05, 3.63) is 35.6 Å². The fraction of sp³-hybridized carbons (Fsp3) is 0.333. The highest BCUT2D eigenvalue weighted by atomic mass is 127. The van der Waals surface area contributed by atoms with Crippen molar-refractivity contribution in [3.63, 3.8) is 0 Å². The van der Waals surface area contributed by atoms with E-state index in [4.69, 9.17) is 0 Å². The van der Waals surface area contributed by atoms with Crippen LogP contribution in [0.3, 0.4) is 0 Å². The van der Waals surface area contributed by atoms with Gasteiger partial charge < -0.3 is 0 Å². The molecule has 1 rings (SSSR count). The van der Waals surface area contributed by atoms with Gasteiger partial charge in [-0.3, -0.25) is 0 Å². The highest BCUT2D eigenvalue weighted by Gasteiger charge is 1.93. The molecule has 0 fully saturated rings. The van der Waals surface area contributed by atoms with E-state index >= 15 is 0 Å². The van der Waals surface area contributed by atoms with Gasteiger partial charge >= 0.3 is 0 Å². The number of hydrogen-bond donors (Lipinski definition) is 0. The third-order valence-corrected chi connectivity index (χ3v) is 2.25. The largest absolute Gasteiger partial charge is 0.207 e. The molecular weight excluding hydrogens is 254 g/mol. The summed E-state index contributed by atoms with van der Waals surface area (Å²) in [7, 11) is 0. The highest BCUT2D eigenvalue weighted by Crippen LogP contribution is 2.06. The molecule has 0 bridgehead atoms. The fourth-order valence-corrected chi connectivity index (χ4v) is 1.34. The van der Waals surface area contributed by atoms with Crippen LogP contribution >= 0.6 is 22.6 Å². The predicted octanol–water partition coefficient (Wildman–Crippen LogP) is 3.19. The number of halogens is 2. The Morgan fingerprint density at radius 2 is 2.18 bits per heavy atom. The monoisotopic (exact) mass is 264 g/mol. The van der Waals surface area contributed by atoms with E-state index in [2.05, 4.69) is 22.6 Å². The first kappa shape index (κ1) is 8.97. The molecule has 60 valence electrons. The van der Waals surface area contributed by atoms with Gasteiger partial charge in [0.15, 0.2) is 0 Å². The van der Waals surface area contributed by atoms with Gasteiger partial charge in [0.25, 0.3) is 0 Å². The molecule has 0 N–H and O–H groups in total. The molecule has 0 nitrogen and oxygen atoms in total. The first-order valence-corrected chi connectivity index (χ1v) is 5.16. The zero-order valence-corrected chi connectivity index (χ0v) is 8.34. The van der Waals surface area contributed by atoms with Gasteiger partial charge in [-0.25, -0.2) is 4.39 Å². The zero-order chi connectivity index (χ0) is 8.10. The SMILES string of the molecule is Fc1cccc(CCCI)c1. The van der Waals surface area contributed by atoms with Crippen molar-refractivity contribution in [3.8, 4) is 0 Å². The molecule has 0 spiro atoms. The summed E-state index contributed by atoms with van der Waals surface area (Å²) in [6.07, 6.45) is 2.12. The van der Waals surface area contributed by atoms with Crippen molar-refractivity contribution in [2.75, 3.05) is 4.43 Å². The minimum absolute atomic E-state index is 0.129. The molecule has 0 atom stereocenters. The maximum Gasteiger partial charge on any atom is 0.123 e. The van der Waals surface area contributed by atoms with Crippen LogP contribution in [0.2, 0.25) is 0 Å². The van der Waals surface area contributed by atoms with Crippen LogP contribution in [0, 0.1) is 5.82 Å². The molecule has 0 unspecified atom stereocenters. The van der Waals surface area contributed by atoms with E-state index in [1.54, 1.807) is 12.1 Å². The molecule has 0 heterocycles. The lowest BCUT2D eigenvalue weighted by atomic mass is 10.1. The van der Waals surface area contributed by atoms with E-state index in [0.29, 0.717) is 0 Å². The first-order chi connectivity index (χ1) is 5.33. The summed E-state index contributed by atoms with van der Waals surface area (Å²) >= 11 is 2.33. The van der Waals surface area contributed by atoms with Crippen molar-refractivity contribution in [2.24, 2.45) is 0 Å². The quantitative estimate of drug-likeness (QED) is 0.581. The average Bonchev–Trinajstić information content (AvgIpc) is 2.01. The van der Waals surface area contributed by atoms with Gasteiger partial charge in [0, 0.05) is 0 Å². The molecule has 1 aromatic rings. The molecule has 0 radical (unpaired) electrons. The maximum absolute atomic E-state index is 12.6. The van der Waals surface area contributed by atoms with Crippen molar-refractivity contribution < 1.29 is 4.39 Å². The van der Waals surface area contributed by atoms with Crippen molar-refractivity contribution >= 4 is 22.6 Å². The Morgan fingerprint density at radius 3 is 2.82 bits per heavy atom. The summed E-state index contributed by atoms with van der Waals surface area (Å²) in [6, 6.07) is 6.81.